The molecular formula is C13H14ClN3O4. The van der Waals surface area contributed by atoms with Gasteiger partial charge < -0.3 is 15.7 Å². The zero-order valence-corrected chi connectivity index (χ0v) is 12.2. The van der Waals surface area contributed by atoms with Crippen molar-refractivity contribution in [3.63, 3.8) is 0 Å². The molecule has 8 heteroatoms. The van der Waals surface area contributed by atoms with Crippen LogP contribution in [0.25, 0.3) is 0 Å². The zero-order chi connectivity index (χ0) is 15.8. The third kappa shape index (κ3) is 2.56. The summed E-state index contributed by atoms with van der Waals surface area (Å²) in [7, 11) is 0. The number of nitrogens with one attached hydrogen (secondary N) is 2. The number of carboxylic acids is 1. The van der Waals surface area contributed by atoms with Crippen molar-refractivity contribution in [3.8, 4) is 0 Å². The molecule has 7 nitrogen and oxygen atoms in total. The first-order chi connectivity index (χ1) is 9.79. The Kier molecular flexibility index (Phi) is 3.87. The number of carbonyl (C=O) groups is 3. The summed E-state index contributed by atoms with van der Waals surface area (Å²) >= 11 is 5.63. The lowest BCUT2D eigenvalue weighted by Crippen LogP contribution is -2.76. The highest BCUT2D eigenvalue weighted by atomic mass is 35.5. The van der Waals surface area contributed by atoms with Crippen LogP contribution in [0.15, 0.2) is 12.3 Å². The molecule has 2 amide bonds. The second kappa shape index (κ2) is 5.33. The molecule has 0 aromatic carbocycles. The summed E-state index contributed by atoms with van der Waals surface area (Å²) in [5, 5.41) is 14.3. The number of aromatic carboxylic acids is 1. The second-order valence-electron chi connectivity index (χ2n) is 5.03. The molecule has 0 saturated carbocycles. The zero-order valence-electron chi connectivity index (χ0n) is 11.4. The molecule has 2 rings (SSSR count). The van der Waals surface area contributed by atoms with Crippen molar-refractivity contribution in [2.24, 2.45) is 0 Å². The number of carboxylic acid groups (broad SMARTS) is 1. The van der Waals surface area contributed by atoms with Crippen molar-refractivity contribution >= 4 is 29.4 Å². The first-order valence-corrected chi connectivity index (χ1v) is 6.74. The van der Waals surface area contributed by atoms with Gasteiger partial charge in [-0.2, -0.15) is 0 Å². The predicted molar refractivity (Wildman–Crippen MR) is 74.2 cm³/mol. The standard InChI is InChI=1S/C13H14ClN3O4/c1-6-13(2,12(21)16-6)17-10(18)9-8(11(19)20)3-7(4-14)5-15-9/h3,5-6H,4H2,1-2H3,(H,16,21)(H,17,18)(H,19,20). The van der Waals surface area contributed by atoms with E-state index in [9.17, 15) is 14.4 Å². The molecule has 1 saturated heterocycles. The number of nitrogens with zero attached hydrogens (tertiary/aromatic N) is 1. The number of hydrogen-bond donors (Lipinski definition) is 3. The van der Waals surface area contributed by atoms with Crippen LogP contribution in [0.4, 0.5) is 0 Å². The Bertz CT molecular complexity index is 634. The quantitative estimate of drug-likeness (QED) is 0.555. The summed E-state index contributed by atoms with van der Waals surface area (Å²) in [6.07, 6.45) is 1.33. The van der Waals surface area contributed by atoms with E-state index in [0.29, 0.717) is 5.56 Å². The summed E-state index contributed by atoms with van der Waals surface area (Å²) in [4.78, 5) is 38.9. The summed E-state index contributed by atoms with van der Waals surface area (Å²) in [6.45, 7) is 3.31. The van der Waals surface area contributed by atoms with E-state index in [1.807, 2.05) is 0 Å². The van der Waals surface area contributed by atoms with E-state index in [2.05, 4.69) is 15.6 Å². The Morgan fingerprint density at radius 2 is 2.24 bits per heavy atom. The van der Waals surface area contributed by atoms with Gasteiger partial charge in [-0.15, -0.1) is 11.6 Å². The first-order valence-electron chi connectivity index (χ1n) is 6.21. The molecule has 1 aromatic rings. The maximum Gasteiger partial charge on any atom is 0.338 e. The van der Waals surface area contributed by atoms with Crippen molar-refractivity contribution in [2.75, 3.05) is 0 Å². The fraction of sp³-hybridized carbons (Fsp3) is 0.385. The number of amides is 2. The van der Waals surface area contributed by atoms with Gasteiger partial charge in [0, 0.05) is 12.1 Å². The van der Waals surface area contributed by atoms with Crippen LogP contribution in [-0.4, -0.2) is 39.5 Å². The molecule has 2 unspecified atom stereocenters. The van der Waals surface area contributed by atoms with Gasteiger partial charge in [-0.1, -0.05) is 0 Å². The minimum absolute atomic E-state index is 0.0896. The normalized spacial score (nSPS) is 24.0. The molecule has 2 heterocycles. The van der Waals surface area contributed by atoms with Crippen LogP contribution in [0.3, 0.4) is 0 Å². The maximum atomic E-state index is 12.2. The summed E-state index contributed by atoms with van der Waals surface area (Å²) < 4.78 is 0. The lowest BCUT2D eigenvalue weighted by Gasteiger charge is -2.44. The Hall–Kier alpha value is -2.15. The van der Waals surface area contributed by atoms with E-state index in [1.165, 1.54) is 12.3 Å². The SMILES string of the molecule is CC1NC(=O)C1(C)NC(=O)c1ncc(CCl)cc1C(=O)O. The molecule has 0 spiro atoms. The van der Waals surface area contributed by atoms with Gasteiger partial charge >= 0.3 is 5.97 Å². The number of carbonyl (C=O) groups excluding carboxylic acids is 2. The molecule has 3 N–H and O–H groups in total. The Morgan fingerprint density at radius 3 is 2.71 bits per heavy atom. The van der Waals surface area contributed by atoms with Gasteiger partial charge in [-0.25, -0.2) is 9.78 Å². The lowest BCUT2D eigenvalue weighted by atomic mass is 9.84. The van der Waals surface area contributed by atoms with Crippen molar-refractivity contribution in [3.05, 3.63) is 29.1 Å². The number of aromatic nitrogens is 1. The van der Waals surface area contributed by atoms with Crippen LogP contribution in [0.2, 0.25) is 0 Å². The van der Waals surface area contributed by atoms with Crippen molar-refractivity contribution in [2.45, 2.75) is 31.3 Å². The van der Waals surface area contributed by atoms with Crippen LogP contribution in [0.1, 0.15) is 40.3 Å². The van der Waals surface area contributed by atoms with Gasteiger partial charge in [0.2, 0.25) is 5.91 Å². The number of pyridine rings is 1. The smallest absolute Gasteiger partial charge is 0.338 e. The highest BCUT2D eigenvalue weighted by Crippen LogP contribution is 2.21. The average Bonchev–Trinajstić information content (AvgIpc) is 2.46. The highest BCUT2D eigenvalue weighted by molar-refractivity contribution is 6.17. The molecule has 0 aliphatic carbocycles. The topological polar surface area (TPSA) is 108 Å². The molecular weight excluding hydrogens is 298 g/mol. The van der Waals surface area contributed by atoms with Crippen LogP contribution in [-0.2, 0) is 10.7 Å². The highest BCUT2D eigenvalue weighted by Gasteiger charge is 2.50. The molecule has 21 heavy (non-hydrogen) atoms. The Morgan fingerprint density at radius 1 is 1.57 bits per heavy atom. The summed E-state index contributed by atoms with van der Waals surface area (Å²) in [6, 6.07) is 1.05. The summed E-state index contributed by atoms with van der Waals surface area (Å²) in [5.74, 6) is -2.22. The van der Waals surface area contributed by atoms with Gasteiger partial charge in [0.05, 0.1) is 11.6 Å². The number of alkyl halides is 1. The van der Waals surface area contributed by atoms with E-state index in [-0.39, 0.29) is 29.1 Å². The second-order valence-corrected chi connectivity index (χ2v) is 5.30. The summed E-state index contributed by atoms with van der Waals surface area (Å²) in [5.41, 5.74) is -1.07. The van der Waals surface area contributed by atoms with Gasteiger partial charge in [-0.05, 0) is 25.5 Å². The molecule has 112 valence electrons. The molecule has 1 aliphatic rings. The third-order valence-electron chi connectivity index (χ3n) is 3.60. The van der Waals surface area contributed by atoms with Gasteiger partial charge in [0.25, 0.3) is 5.91 Å². The number of halogens is 1. The molecule has 0 bridgehead atoms. The van der Waals surface area contributed by atoms with Gasteiger partial charge in [0.15, 0.2) is 0 Å². The molecule has 1 aliphatic heterocycles. The van der Waals surface area contributed by atoms with Crippen molar-refractivity contribution in [1.82, 2.24) is 15.6 Å². The Labute approximate surface area is 125 Å². The number of β-lactam (4-membered cyclic amide) rings is 1. The molecule has 1 fully saturated rings. The minimum atomic E-state index is -1.28. The fourth-order valence-corrected chi connectivity index (χ4v) is 2.14. The van der Waals surface area contributed by atoms with E-state index in [4.69, 9.17) is 16.7 Å². The minimum Gasteiger partial charge on any atom is -0.478 e. The molecule has 2 atom stereocenters. The number of rotatable bonds is 4. The monoisotopic (exact) mass is 311 g/mol. The van der Waals surface area contributed by atoms with Gasteiger partial charge in [-0.3, -0.25) is 9.59 Å². The average molecular weight is 312 g/mol. The first kappa shape index (κ1) is 15.2. The van der Waals surface area contributed by atoms with Gasteiger partial charge in [0.1, 0.15) is 11.2 Å². The van der Waals surface area contributed by atoms with E-state index in [0.717, 1.165) is 0 Å². The Balaban J connectivity index is 2.31. The van der Waals surface area contributed by atoms with E-state index < -0.39 is 17.4 Å². The number of hydrogen-bond acceptors (Lipinski definition) is 4. The van der Waals surface area contributed by atoms with Crippen LogP contribution in [0.5, 0.6) is 0 Å². The van der Waals surface area contributed by atoms with Crippen LogP contribution >= 0.6 is 11.6 Å². The third-order valence-corrected chi connectivity index (χ3v) is 3.91. The van der Waals surface area contributed by atoms with E-state index in [1.54, 1.807) is 13.8 Å². The lowest BCUT2D eigenvalue weighted by molar-refractivity contribution is -0.137. The maximum absolute atomic E-state index is 12.2. The van der Waals surface area contributed by atoms with Crippen molar-refractivity contribution < 1.29 is 19.5 Å². The van der Waals surface area contributed by atoms with Crippen molar-refractivity contribution in [1.29, 1.82) is 0 Å². The van der Waals surface area contributed by atoms with Crippen LogP contribution < -0.4 is 10.6 Å². The van der Waals surface area contributed by atoms with Crippen LogP contribution in [0, 0.1) is 0 Å². The fourth-order valence-electron chi connectivity index (χ4n) is 1.99. The predicted octanol–water partition coefficient (Wildman–Crippen LogP) is 0.525. The molecule has 0 radical (unpaired) electrons. The van der Waals surface area contributed by atoms with E-state index >= 15 is 0 Å². The largest absolute Gasteiger partial charge is 0.478 e. The molecule has 1 aromatic heterocycles.